The second kappa shape index (κ2) is 10.4. The first-order valence-electron chi connectivity index (χ1n) is 10.4. The van der Waals surface area contributed by atoms with E-state index in [1.807, 2.05) is 23.1 Å². The number of halogens is 2. The van der Waals surface area contributed by atoms with Crippen molar-refractivity contribution in [1.29, 1.82) is 0 Å². The predicted molar refractivity (Wildman–Crippen MR) is 124 cm³/mol. The summed E-state index contributed by atoms with van der Waals surface area (Å²) in [6.07, 6.45) is -0.473. The van der Waals surface area contributed by atoms with Crippen molar-refractivity contribution in [2.45, 2.75) is 40.3 Å². The molecule has 8 heteroatoms. The van der Waals surface area contributed by atoms with Crippen LogP contribution in [0.2, 0.25) is 0 Å². The zero-order valence-corrected chi connectivity index (χ0v) is 20.2. The van der Waals surface area contributed by atoms with Crippen molar-refractivity contribution in [3.63, 3.8) is 0 Å². The molecule has 0 radical (unpaired) electrons. The first-order valence-corrected chi connectivity index (χ1v) is 11.2. The molecule has 1 aliphatic rings. The Balaban J connectivity index is 0.00000166. The summed E-state index contributed by atoms with van der Waals surface area (Å²) in [5.41, 5.74) is 2.34. The minimum absolute atomic E-state index is 0.0104. The van der Waals surface area contributed by atoms with Crippen LogP contribution in [0.15, 0.2) is 24.8 Å². The van der Waals surface area contributed by atoms with E-state index in [0.29, 0.717) is 19.3 Å². The number of nitrogens with zero attached hydrogens (tertiary/aromatic N) is 4. The van der Waals surface area contributed by atoms with Gasteiger partial charge in [0, 0.05) is 45.3 Å². The van der Waals surface area contributed by atoms with Gasteiger partial charge >= 0.3 is 0 Å². The van der Waals surface area contributed by atoms with Crippen molar-refractivity contribution in [3.05, 3.63) is 35.3 Å². The Kier molecular flexibility index (Phi) is 8.40. The summed E-state index contributed by atoms with van der Waals surface area (Å²) >= 11 is 1.62. The zero-order chi connectivity index (χ0) is 23.3. The molecule has 31 heavy (non-hydrogen) atoms. The molecule has 1 aliphatic heterocycles. The molecule has 2 aromatic rings. The van der Waals surface area contributed by atoms with E-state index in [4.69, 9.17) is 0 Å². The average Bonchev–Trinajstić information content (AvgIpc) is 3.34. The number of alkyl halides is 2. The van der Waals surface area contributed by atoms with Crippen LogP contribution in [0.1, 0.15) is 50.9 Å². The average molecular weight is 453 g/mol. The van der Waals surface area contributed by atoms with Crippen LogP contribution in [0.5, 0.6) is 0 Å². The molecule has 1 amide bonds. The number of amides is 1. The molecule has 3 heterocycles. The van der Waals surface area contributed by atoms with E-state index in [1.165, 1.54) is 6.92 Å². The van der Waals surface area contributed by atoms with Gasteiger partial charge in [-0.05, 0) is 30.5 Å². The van der Waals surface area contributed by atoms with E-state index < -0.39 is 6.17 Å². The summed E-state index contributed by atoms with van der Waals surface area (Å²) in [6, 6.07) is 5.87. The van der Waals surface area contributed by atoms with E-state index >= 15 is 0 Å². The van der Waals surface area contributed by atoms with Gasteiger partial charge in [-0.2, -0.15) is 5.10 Å². The van der Waals surface area contributed by atoms with Gasteiger partial charge in [-0.15, -0.1) is 11.3 Å². The molecule has 0 aliphatic carbocycles. The van der Waals surface area contributed by atoms with Crippen molar-refractivity contribution in [2.24, 2.45) is 12.5 Å². The number of carbonyl (C=O) groups excluding carboxylic acids is 1. The van der Waals surface area contributed by atoms with Gasteiger partial charge in [-0.3, -0.25) is 13.9 Å². The van der Waals surface area contributed by atoms with E-state index in [2.05, 4.69) is 37.3 Å². The van der Waals surface area contributed by atoms with Crippen LogP contribution in [-0.4, -0.2) is 58.8 Å². The van der Waals surface area contributed by atoms with Crippen molar-refractivity contribution in [2.75, 3.05) is 33.4 Å². The first kappa shape index (κ1) is 25.0. The van der Waals surface area contributed by atoms with Gasteiger partial charge < -0.3 is 9.80 Å². The number of aryl methyl sites for hydroxylation is 1. The summed E-state index contributed by atoms with van der Waals surface area (Å²) in [7, 11) is 2.27. The molecule has 2 aromatic heterocycles. The largest absolute Gasteiger partial charge is 0.367 e. The molecule has 1 fully saturated rings. The lowest BCUT2D eigenvalue weighted by molar-refractivity contribution is -0.134. The zero-order valence-electron chi connectivity index (χ0n) is 19.4. The maximum absolute atomic E-state index is 13.7. The summed E-state index contributed by atoms with van der Waals surface area (Å²) in [4.78, 5) is 18.7. The van der Waals surface area contributed by atoms with Crippen molar-refractivity contribution < 1.29 is 13.6 Å². The first-order chi connectivity index (χ1) is 14.5. The Morgan fingerprint density at radius 1 is 1.19 bits per heavy atom. The molecule has 1 saturated heterocycles. The molecule has 0 spiro atoms. The van der Waals surface area contributed by atoms with Gasteiger partial charge in [0.05, 0.1) is 22.6 Å². The Morgan fingerprint density at radius 2 is 1.77 bits per heavy atom. The van der Waals surface area contributed by atoms with Crippen LogP contribution >= 0.6 is 11.3 Å². The van der Waals surface area contributed by atoms with E-state index in [9.17, 15) is 13.6 Å². The normalized spacial score (nSPS) is 15.4. The fourth-order valence-corrected chi connectivity index (χ4v) is 4.51. The van der Waals surface area contributed by atoms with Crippen molar-refractivity contribution >= 4 is 22.9 Å². The van der Waals surface area contributed by atoms with Gasteiger partial charge in [-0.25, -0.2) is 4.39 Å². The summed E-state index contributed by atoms with van der Waals surface area (Å²) < 4.78 is 24.8. The molecule has 0 bridgehead atoms. The van der Waals surface area contributed by atoms with Crippen LogP contribution in [0, 0.1) is 5.41 Å². The van der Waals surface area contributed by atoms with Crippen LogP contribution < -0.4 is 0 Å². The third-order valence-electron chi connectivity index (χ3n) is 5.16. The lowest BCUT2D eigenvalue weighted by Crippen LogP contribution is -2.48. The van der Waals surface area contributed by atoms with Crippen LogP contribution in [0.25, 0.3) is 16.3 Å². The highest BCUT2D eigenvalue weighted by molar-refractivity contribution is 7.16. The predicted octanol–water partition coefficient (Wildman–Crippen LogP) is 5.32. The molecular weight excluding hydrogens is 418 g/mol. The lowest BCUT2D eigenvalue weighted by atomic mass is 9.91. The van der Waals surface area contributed by atoms with Crippen molar-refractivity contribution in [1.82, 2.24) is 19.6 Å². The summed E-state index contributed by atoms with van der Waals surface area (Å²) in [5, 5.41) is 4.45. The van der Waals surface area contributed by atoms with E-state index in [1.54, 1.807) is 23.1 Å². The van der Waals surface area contributed by atoms with Gasteiger partial charge in [0.25, 0.3) is 0 Å². The Hall–Kier alpha value is -2.22. The number of rotatable bonds is 5. The topological polar surface area (TPSA) is 41.4 Å². The smallest absolute Gasteiger partial charge is 0.223 e. The summed E-state index contributed by atoms with van der Waals surface area (Å²) in [6.45, 7) is 15.1. The number of hydrogen-bond donors (Lipinski definition) is 0. The lowest BCUT2D eigenvalue weighted by Gasteiger charge is -2.37. The molecule has 172 valence electrons. The van der Waals surface area contributed by atoms with E-state index in [-0.39, 0.29) is 11.3 Å². The molecule has 5 nitrogen and oxygen atoms in total. The molecule has 0 saturated carbocycles. The third kappa shape index (κ3) is 6.38. The second-order valence-electron chi connectivity index (χ2n) is 8.91. The highest BCUT2D eigenvalue weighted by Crippen LogP contribution is 2.34. The maximum Gasteiger partial charge on any atom is 0.223 e. The molecular formula is C23H34F2N4OS. The standard InChI is InChI=1S/C22H31FN4OS.CH3F/c1-15(23)18-13-17(24-25(18)6)20-8-7-19(29-20)16(2)26-9-11-27(12-10-26)21(28)14-22(3,4)5;1-2/h7-8,13,15H,2,9-12,14H2,1,3-6H3;1H3. The molecule has 0 N–H and O–H groups in total. The Labute approximate surface area is 188 Å². The highest BCUT2D eigenvalue weighted by Gasteiger charge is 2.26. The quantitative estimate of drug-likeness (QED) is 0.617. The number of aromatic nitrogens is 2. The number of thiophene rings is 1. The number of carbonyl (C=O) groups is 1. The van der Waals surface area contributed by atoms with Gasteiger partial charge in [-0.1, -0.05) is 27.4 Å². The highest BCUT2D eigenvalue weighted by atomic mass is 32.1. The van der Waals surface area contributed by atoms with Crippen LogP contribution in [-0.2, 0) is 11.8 Å². The van der Waals surface area contributed by atoms with Gasteiger partial charge in [0.15, 0.2) is 0 Å². The van der Waals surface area contributed by atoms with Crippen LogP contribution in [0.4, 0.5) is 8.78 Å². The third-order valence-corrected chi connectivity index (χ3v) is 6.32. The Morgan fingerprint density at radius 3 is 2.29 bits per heavy atom. The fraction of sp³-hybridized carbons (Fsp3) is 0.565. The number of hydrogen-bond acceptors (Lipinski definition) is 4. The van der Waals surface area contributed by atoms with Crippen molar-refractivity contribution in [3.8, 4) is 10.6 Å². The fourth-order valence-electron chi connectivity index (χ4n) is 3.55. The minimum Gasteiger partial charge on any atom is -0.367 e. The second-order valence-corrected chi connectivity index (χ2v) is 9.99. The van der Waals surface area contributed by atoms with Gasteiger partial charge in [0.1, 0.15) is 11.9 Å². The monoisotopic (exact) mass is 452 g/mol. The van der Waals surface area contributed by atoms with E-state index in [0.717, 1.165) is 47.3 Å². The van der Waals surface area contributed by atoms with Gasteiger partial charge in [0.2, 0.25) is 5.91 Å². The Bertz CT molecular complexity index is 890. The number of piperazine rings is 1. The molecule has 3 rings (SSSR count). The maximum atomic E-state index is 13.7. The minimum atomic E-state index is -1.05. The molecule has 1 unspecified atom stereocenters. The molecule has 0 aromatic carbocycles. The SMILES string of the molecule is C=C(c1ccc(-c2cc(C(C)F)n(C)n2)s1)N1CCN(C(=O)CC(C)(C)C)CC1.CF. The molecule has 1 atom stereocenters. The van der Waals surface area contributed by atoms with Crippen LogP contribution in [0.3, 0.4) is 0 Å². The summed E-state index contributed by atoms with van der Waals surface area (Å²) in [5.74, 6) is 0.231.